The van der Waals surface area contributed by atoms with E-state index in [1.807, 2.05) is 24.3 Å². The molecular weight excluding hydrogens is 355 g/mol. The van der Waals surface area contributed by atoms with Gasteiger partial charge in [0.15, 0.2) is 0 Å². The first-order chi connectivity index (χ1) is 13.7. The standard InChI is InChI=1S/C22H23FN4O/c23-20-11-5-4-10-18(20)12-14-25-22-26-15-19(16-27-22)21(28)24-13-6-9-17-7-2-1-3-8-17/h1-5,7-8,10-11,15-16H,6,9,12-14H2,(H,24,28)(H,25,26,27). The molecule has 0 unspecified atom stereocenters. The molecule has 0 aliphatic carbocycles. The Bertz CT molecular complexity index is 885. The van der Waals surface area contributed by atoms with Gasteiger partial charge in [0.25, 0.3) is 5.91 Å². The predicted octanol–water partition coefficient (Wildman–Crippen LogP) is 3.63. The molecule has 1 amide bonds. The van der Waals surface area contributed by atoms with E-state index in [9.17, 15) is 9.18 Å². The van der Waals surface area contributed by atoms with Gasteiger partial charge in [0.2, 0.25) is 5.95 Å². The Morgan fingerprint density at radius 2 is 1.61 bits per heavy atom. The van der Waals surface area contributed by atoms with Crippen molar-refractivity contribution in [3.63, 3.8) is 0 Å². The van der Waals surface area contributed by atoms with Crippen LogP contribution in [-0.4, -0.2) is 29.0 Å². The van der Waals surface area contributed by atoms with E-state index < -0.39 is 0 Å². The van der Waals surface area contributed by atoms with Gasteiger partial charge in [0.1, 0.15) is 5.82 Å². The zero-order chi connectivity index (χ0) is 19.6. The Kier molecular flexibility index (Phi) is 7.07. The fraction of sp³-hybridized carbons (Fsp3) is 0.227. The smallest absolute Gasteiger partial charge is 0.254 e. The van der Waals surface area contributed by atoms with E-state index in [2.05, 4.69) is 32.7 Å². The second kappa shape index (κ2) is 10.2. The van der Waals surface area contributed by atoms with Crippen LogP contribution < -0.4 is 10.6 Å². The van der Waals surface area contributed by atoms with E-state index in [1.165, 1.54) is 24.0 Å². The number of aromatic nitrogens is 2. The zero-order valence-corrected chi connectivity index (χ0v) is 15.6. The van der Waals surface area contributed by atoms with Crippen molar-refractivity contribution in [3.05, 3.63) is 89.5 Å². The average molecular weight is 378 g/mol. The van der Waals surface area contributed by atoms with Crippen molar-refractivity contribution in [2.24, 2.45) is 0 Å². The molecule has 0 saturated carbocycles. The summed E-state index contributed by atoms with van der Waals surface area (Å²) in [5.74, 6) is 0.00689. The van der Waals surface area contributed by atoms with Crippen LogP contribution in [0.3, 0.4) is 0 Å². The fourth-order valence-electron chi connectivity index (χ4n) is 2.79. The number of hydrogen-bond donors (Lipinski definition) is 2. The number of nitrogens with one attached hydrogen (secondary N) is 2. The van der Waals surface area contributed by atoms with Crippen LogP contribution >= 0.6 is 0 Å². The molecule has 28 heavy (non-hydrogen) atoms. The molecular formula is C22H23FN4O. The third kappa shape index (κ3) is 5.87. The number of anilines is 1. The molecule has 0 aliphatic rings. The third-order valence-corrected chi connectivity index (χ3v) is 4.32. The van der Waals surface area contributed by atoms with Gasteiger partial charge in [0, 0.05) is 25.5 Å². The lowest BCUT2D eigenvalue weighted by molar-refractivity contribution is 0.0952. The van der Waals surface area contributed by atoms with E-state index in [4.69, 9.17) is 0 Å². The first-order valence-corrected chi connectivity index (χ1v) is 9.34. The van der Waals surface area contributed by atoms with Gasteiger partial charge in [-0.15, -0.1) is 0 Å². The Labute approximate surface area is 164 Å². The maximum Gasteiger partial charge on any atom is 0.254 e. The summed E-state index contributed by atoms with van der Waals surface area (Å²) in [6.45, 7) is 1.10. The molecule has 0 bridgehead atoms. The molecule has 144 valence electrons. The van der Waals surface area contributed by atoms with Gasteiger partial charge in [-0.1, -0.05) is 48.5 Å². The van der Waals surface area contributed by atoms with E-state index in [0.717, 1.165) is 12.8 Å². The lowest BCUT2D eigenvalue weighted by Gasteiger charge is -2.07. The molecule has 1 aromatic heterocycles. The summed E-state index contributed by atoms with van der Waals surface area (Å²) in [6, 6.07) is 16.8. The molecule has 6 heteroatoms. The van der Waals surface area contributed by atoms with Crippen molar-refractivity contribution in [2.75, 3.05) is 18.4 Å². The Morgan fingerprint density at radius 3 is 2.36 bits per heavy atom. The zero-order valence-electron chi connectivity index (χ0n) is 15.6. The number of nitrogens with zero attached hydrogens (tertiary/aromatic N) is 2. The van der Waals surface area contributed by atoms with Gasteiger partial charge in [0.05, 0.1) is 5.56 Å². The Hall–Kier alpha value is -3.28. The molecule has 5 nitrogen and oxygen atoms in total. The molecule has 0 aliphatic heterocycles. The van der Waals surface area contributed by atoms with Crippen molar-refractivity contribution in [3.8, 4) is 0 Å². The van der Waals surface area contributed by atoms with Crippen molar-refractivity contribution in [1.82, 2.24) is 15.3 Å². The highest BCUT2D eigenvalue weighted by atomic mass is 19.1. The maximum atomic E-state index is 13.6. The maximum absolute atomic E-state index is 13.6. The number of benzene rings is 2. The molecule has 0 saturated heterocycles. The topological polar surface area (TPSA) is 66.9 Å². The van der Waals surface area contributed by atoms with E-state index in [1.54, 1.807) is 12.1 Å². The minimum atomic E-state index is -0.218. The summed E-state index contributed by atoms with van der Waals surface area (Å²) in [4.78, 5) is 20.5. The summed E-state index contributed by atoms with van der Waals surface area (Å²) >= 11 is 0. The SMILES string of the molecule is O=C(NCCCc1ccccc1)c1cnc(NCCc2ccccc2F)nc1. The Morgan fingerprint density at radius 1 is 0.893 bits per heavy atom. The van der Waals surface area contributed by atoms with Crippen LogP contribution in [-0.2, 0) is 12.8 Å². The number of hydrogen-bond acceptors (Lipinski definition) is 4. The highest BCUT2D eigenvalue weighted by Gasteiger charge is 2.07. The summed E-state index contributed by atoms with van der Waals surface area (Å²) in [5.41, 5.74) is 2.31. The van der Waals surface area contributed by atoms with Gasteiger partial charge in [-0.2, -0.15) is 0 Å². The van der Waals surface area contributed by atoms with Crippen LogP contribution in [0.15, 0.2) is 67.0 Å². The van der Waals surface area contributed by atoms with Gasteiger partial charge < -0.3 is 10.6 Å². The van der Waals surface area contributed by atoms with Crippen LogP contribution in [0, 0.1) is 5.82 Å². The van der Waals surface area contributed by atoms with Gasteiger partial charge in [-0.25, -0.2) is 14.4 Å². The third-order valence-electron chi connectivity index (χ3n) is 4.32. The summed E-state index contributed by atoms with van der Waals surface area (Å²) in [5, 5.41) is 5.91. The van der Waals surface area contributed by atoms with Gasteiger partial charge in [-0.3, -0.25) is 4.79 Å². The molecule has 1 heterocycles. The summed E-state index contributed by atoms with van der Waals surface area (Å²) in [7, 11) is 0. The Balaban J connectivity index is 1.39. The first-order valence-electron chi connectivity index (χ1n) is 9.34. The van der Waals surface area contributed by atoms with E-state index >= 15 is 0 Å². The molecule has 2 N–H and O–H groups in total. The largest absolute Gasteiger partial charge is 0.354 e. The highest BCUT2D eigenvalue weighted by Crippen LogP contribution is 2.08. The first kappa shape index (κ1) is 19.5. The normalized spacial score (nSPS) is 10.5. The van der Waals surface area contributed by atoms with Crippen molar-refractivity contribution in [2.45, 2.75) is 19.3 Å². The van der Waals surface area contributed by atoms with Crippen LogP contribution in [0.4, 0.5) is 10.3 Å². The van der Waals surface area contributed by atoms with Crippen molar-refractivity contribution < 1.29 is 9.18 Å². The molecule has 0 spiro atoms. The minimum Gasteiger partial charge on any atom is -0.354 e. The molecule has 0 atom stereocenters. The summed E-state index contributed by atoms with van der Waals surface area (Å²) < 4.78 is 13.6. The predicted molar refractivity (Wildman–Crippen MR) is 108 cm³/mol. The van der Waals surface area contributed by atoms with Crippen LogP contribution in [0.25, 0.3) is 0 Å². The van der Waals surface area contributed by atoms with Gasteiger partial charge >= 0.3 is 0 Å². The minimum absolute atomic E-state index is 0.189. The van der Waals surface area contributed by atoms with Crippen LogP contribution in [0.1, 0.15) is 27.9 Å². The number of carbonyl (C=O) groups excluding carboxylic acids is 1. The van der Waals surface area contributed by atoms with E-state index in [-0.39, 0.29) is 11.7 Å². The molecule has 0 fully saturated rings. The number of carbonyl (C=O) groups is 1. The second-order valence-electron chi connectivity index (χ2n) is 6.41. The second-order valence-corrected chi connectivity index (χ2v) is 6.41. The van der Waals surface area contributed by atoms with Gasteiger partial charge in [-0.05, 0) is 36.5 Å². The monoisotopic (exact) mass is 378 g/mol. The lowest BCUT2D eigenvalue weighted by atomic mass is 10.1. The van der Waals surface area contributed by atoms with E-state index in [0.29, 0.717) is 36.6 Å². The average Bonchev–Trinajstić information content (AvgIpc) is 2.74. The number of aryl methyl sites for hydroxylation is 1. The molecule has 3 rings (SSSR count). The lowest BCUT2D eigenvalue weighted by Crippen LogP contribution is -2.25. The highest BCUT2D eigenvalue weighted by molar-refractivity contribution is 5.93. The van der Waals surface area contributed by atoms with Crippen LogP contribution in [0.2, 0.25) is 0 Å². The quantitative estimate of drug-likeness (QED) is 0.558. The van der Waals surface area contributed by atoms with Crippen molar-refractivity contribution in [1.29, 1.82) is 0 Å². The number of amides is 1. The molecule has 2 aromatic carbocycles. The summed E-state index contributed by atoms with van der Waals surface area (Å²) in [6.07, 6.45) is 5.30. The fourth-order valence-corrected chi connectivity index (χ4v) is 2.79. The molecule has 3 aromatic rings. The number of halogens is 1. The number of rotatable bonds is 9. The molecule has 0 radical (unpaired) electrons. The van der Waals surface area contributed by atoms with Crippen LogP contribution in [0.5, 0.6) is 0 Å². The van der Waals surface area contributed by atoms with Crippen molar-refractivity contribution >= 4 is 11.9 Å².